The molecule has 5 atom stereocenters. The Morgan fingerprint density at radius 2 is 0.541 bits per heavy atom. The Labute approximate surface area is 517 Å². The van der Waals surface area contributed by atoms with Crippen molar-refractivity contribution in [2.24, 2.45) is 17.8 Å². The van der Waals surface area contributed by atoms with Crippen molar-refractivity contribution in [3.8, 4) is 0 Å². The largest absolute Gasteiger partial charge is 0.472 e. The molecule has 3 N–H and O–H groups in total. The smallest absolute Gasteiger partial charge is 0.462 e. The number of esters is 4. The zero-order valence-electron chi connectivity index (χ0n) is 55.1. The van der Waals surface area contributed by atoms with E-state index in [2.05, 4.69) is 48.5 Å². The zero-order chi connectivity index (χ0) is 63.1. The van der Waals surface area contributed by atoms with Crippen LogP contribution in [-0.4, -0.2) is 96.7 Å². The van der Waals surface area contributed by atoms with Crippen LogP contribution in [0.4, 0.5) is 0 Å². The van der Waals surface area contributed by atoms with Gasteiger partial charge in [0.1, 0.15) is 19.3 Å². The summed E-state index contributed by atoms with van der Waals surface area (Å²) in [5, 5.41) is 10.5. The van der Waals surface area contributed by atoms with Crippen molar-refractivity contribution >= 4 is 39.5 Å². The first-order chi connectivity index (χ1) is 40.7. The van der Waals surface area contributed by atoms with Crippen LogP contribution in [0.1, 0.15) is 325 Å². The summed E-state index contributed by atoms with van der Waals surface area (Å²) < 4.78 is 67.9. The van der Waals surface area contributed by atoms with E-state index in [0.29, 0.717) is 31.6 Å². The van der Waals surface area contributed by atoms with E-state index in [1.54, 1.807) is 0 Å². The van der Waals surface area contributed by atoms with Crippen LogP contribution in [0.15, 0.2) is 0 Å². The van der Waals surface area contributed by atoms with Gasteiger partial charge < -0.3 is 33.8 Å². The molecule has 0 saturated heterocycles. The van der Waals surface area contributed by atoms with E-state index in [-0.39, 0.29) is 25.7 Å². The van der Waals surface area contributed by atoms with Gasteiger partial charge in [-0.2, -0.15) is 0 Å². The third kappa shape index (κ3) is 60.7. The molecule has 0 heterocycles. The second-order valence-corrected chi connectivity index (χ2v) is 28.2. The number of carbonyl (C=O) groups is 4. The van der Waals surface area contributed by atoms with Gasteiger partial charge in [-0.25, -0.2) is 9.13 Å². The lowest BCUT2D eigenvalue weighted by atomic mass is 10.0. The molecule has 0 spiro atoms. The van der Waals surface area contributed by atoms with Gasteiger partial charge in [-0.1, -0.05) is 273 Å². The Morgan fingerprint density at radius 1 is 0.318 bits per heavy atom. The molecule has 2 unspecified atom stereocenters. The molecule has 0 aliphatic heterocycles. The van der Waals surface area contributed by atoms with Crippen LogP contribution >= 0.6 is 15.6 Å². The first-order valence-corrected chi connectivity index (χ1v) is 37.3. The van der Waals surface area contributed by atoms with Gasteiger partial charge in [0.15, 0.2) is 12.2 Å². The van der Waals surface area contributed by atoms with Crippen LogP contribution in [0.2, 0.25) is 0 Å². The molecular weight excluding hydrogens is 1130 g/mol. The number of unbranched alkanes of at least 4 members (excludes halogenated alkanes) is 32. The Morgan fingerprint density at radius 3 is 0.800 bits per heavy atom. The van der Waals surface area contributed by atoms with Crippen molar-refractivity contribution < 1.29 is 80.2 Å². The quantitative estimate of drug-likeness (QED) is 0.0222. The number of ether oxygens (including phenoxy) is 4. The second kappa shape index (κ2) is 57.2. The summed E-state index contributed by atoms with van der Waals surface area (Å²) in [5.41, 5.74) is 0. The van der Waals surface area contributed by atoms with Crippen molar-refractivity contribution in [2.75, 3.05) is 39.6 Å². The van der Waals surface area contributed by atoms with E-state index in [1.807, 2.05) is 0 Å². The van der Waals surface area contributed by atoms with E-state index in [4.69, 9.17) is 37.0 Å². The monoisotopic (exact) mass is 1250 g/mol. The van der Waals surface area contributed by atoms with Crippen molar-refractivity contribution in [3.05, 3.63) is 0 Å². The van der Waals surface area contributed by atoms with Crippen molar-refractivity contribution in [3.63, 3.8) is 0 Å². The molecule has 17 nitrogen and oxygen atoms in total. The van der Waals surface area contributed by atoms with Gasteiger partial charge in [-0.3, -0.25) is 37.3 Å². The molecule has 0 aromatic rings. The molecule has 0 aromatic carbocycles. The van der Waals surface area contributed by atoms with Gasteiger partial charge in [0.25, 0.3) is 0 Å². The molecule has 0 radical (unpaired) electrons. The fourth-order valence-electron chi connectivity index (χ4n) is 9.83. The summed E-state index contributed by atoms with van der Waals surface area (Å²) in [6.45, 7) is 11.7. The number of aliphatic hydroxyl groups excluding tert-OH is 1. The molecule has 85 heavy (non-hydrogen) atoms. The van der Waals surface area contributed by atoms with Gasteiger partial charge in [0, 0.05) is 25.7 Å². The highest BCUT2D eigenvalue weighted by molar-refractivity contribution is 7.47. The van der Waals surface area contributed by atoms with Crippen LogP contribution in [0.25, 0.3) is 0 Å². The highest BCUT2D eigenvalue weighted by Gasteiger charge is 2.30. The minimum atomic E-state index is -4.95. The molecule has 0 aliphatic rings. The molecule has 0 fully saturated rings. The highest BCUT2D eigenvalue weighted by atomic mass is 31.2. The van der Waals surface area contributed by atoms with Gasteiger partial charge in [0.2, 0.25) is 0 Å². The minimum Gasteiger partial charge on any atom is -0.462 e. The average Bonchev–Trinajstić information content (AvgIpc) is 3.49. The number of rotatable bonds is 64. The number of phosphoric acid groups is 2. The number of phosphoric ester groups is 2. The lowest BCUT2D eigenvalue weighted by Crippen LogP contribution is -2.30. The zero-order valence-corrected chi connectivity index (χ0v) is 56.9. The molecule has 0 aliphatic carbocycles. The van der Waals surface area contributed by atoms with E-state index >= 15 is 0 Å². The van der Waals surface area contributed by atoms with Gasteiger partial charge >= 0.3 is 39.5 Å². The average molecular weight is 1260 g/mol. The Kier molecular flexibility index (Phi) is 55.9. The molecule has 504 valence electrons. The SMILES string of the molecule is CCCCCCCC(=O)OC[C@H](COP(=O)(O)OC[C@H](O)COP(=O)(O)OC[C@@H](COC(=O)CCCCCCCCCCCCC(C)C)OC(=O)CCCCCCCCCCCCCCCCC(C)C)OC(=O)CCCCCCCCCC(C)C. The fraction of sp³-hybridized carbons (Fsp3) is 0.939. The summed E-state index contributed by atoms with van der Waals surface area (Å²) in [6.07, 6.45) is 39.4. The van der Waals surface area contributed by atoms with Crippen LogP contribution in [0, 0.1) is 17.8 Å². The van der Waals surface area contributed by atoms with Crippen LogP contribution in [0.5, 0.6) is 0 Å². The number of carbonyl (C=O) groups excluding carboxylic acids is 4. The van der Waals surface area contributed by atoms with Crippen molar-refractivity contribution in [1.82, 2.24) is 0 Å². The van der Waals surface area contributed by atoms with Gasteiger partial charge in [0.05, 0.1) is 26.4 Å². The van der Waals surface area contributed by atoms with Gasteiger partial charge in [-0.05, 0) is 43.4 Å². The Balaban J connectivity index is 5.17. The molecule has 0 aromatic heterocycles. The minimum absolute atomic E-state index is 0.102. The molecule has 0 bridgehead atoms. The lowest BCUT2D eigenvalue weighted by molar-refractivity contribution is -0.161. The molecule has 0 saturated carbocycles. The molecular formula is C66H128O17P2. The number of aliphatic hydroxyl groups is 1. The lowest BCUT2D eigenvalue weighted by Gasteiger charge is -2.21. The second-order valence-electron chi connectivity index (χ2n) is 25.3. The fourth-order valence-corrected chi connectivity index (χ4v) is 11.4. The molecule has 19 heteroatoms. The third-order valence-electron chi connectivity index (χ3n) is 15.1. The van der Waals surface area contributed by atoms with E-state index in [9.17, 15) is 43.2 Å². The number of hydrogen-bond donors (Lipinski definition) is 3. The maximum Gasteiger partial charge on any atom is 0.472 e. The van der Waals surface area contributed by atoms with E-state index in [1.165, 1.54) is 128 Å². The van der Waals surface area contributed by atoms with Crippen molar-refractivity contribution in [1.29, 1.82) is 0 Å². The van der Waals surface area contributed by atoms with E-state index in [0.717, 1.165) is 108 Å². The molecule has 0 amide bonds. The molecule has 0 rings (SSSR count). The van der Waals surface area contributed by atoms with Crippen LogP contribution in [0.3, 0.4) is 0 Å². The maximum absolute atomic E-state index is 13.0. The van der Waals surface area contributed by atoms with Crippen LogP contribution < -0.4 is 0 Å². The third-order valence-corrected chi connectivity index (χ3v) is 17.0. The predicted molar refractivity (Wildman–Crippen MR) is 340 cm³/mol. The topological polar surface area (TPSA) is 237 Å². The summed E-state index contributed by atoms with van der Waals surface area (Å²) in [6, 6.07) is 0. The normalized spacial score (nSPS) is 14.3. The van der Waals surface area contributed by atoms with Gasteiger partial charge in [-0.15, -0.1) is 0 Å². The summed E-state index contributed by atoms with van der Waals surface area (Å²) >= 11 is 0. The predicted octanol–water partition coefficient (Wildman–Crippen LogP) is 18.3. The first-order valence-electron chi connectivity index (χ1n) is 34.3. The number of hydrogen-bond acceptors (Lipinski definition) is 15. The summed E-state index contributed by atoms with van der Waals surface area (Å²) in [5.74, 6) is 0.105. The highest BCUT2D eigenvalue weighted by Crippen LogP contribution is 2.45. The Hall–Kier alpha value is -1.94. The Bertz CT molecular complexity index is 1680. The maximum atomic E-state index is 13.0. The van der Waals surface area contributed by atoms with Crippen LogP contribution in [-0.2, 0) is 65.4 Å². The van der Waals surface area contributed by atoms with E-state index < -0.39 is 97.5 Å². The van der Waals surface area contributed by atoms with Crippen molar-refractivity contribution in [2.45, 2.75) is 343 Å². The first kappa shape index (κ1) is 83.1. The summed E-state index contributed by atoms with van der Waals surface area (Å²) in [7, 11) is -9.88. The summed E-state index contributed by atoms with van der Waals surface area (Å²) in [4.78, 5) is 72.1. The standard InChI is InChI=1S/C66H128O17P2/c1-8-9-10-30-40-47-63(68)76-53-61(82-66(71)50-43-36-29-23-26-33-39-46-59(6)7)55-80-84(72,73)78-51-60(67)52-79-85(74,75)81-56-62(54-77-64(69)48-41-34-27-21-18-17-20-25-32-38-45-58(4)5)83-65(70)49-42-35-28-22-16-14-12-11-13-15-19-24-31-37-44-57(2)3/h57-62,67H,8-56H2,1-7H3,(H,72,73)(H,74,75)/t60-,61+,62+/m0/s1.